The van der Waals surface area contributed by atoms with Crippen LogP contribution in [0.25, 0.3) is 16.9 Å². The molecule has 0 unspecified atom stereocenters. The maximum atomic E-state index is 13.6. The van der Waals surface area contributed by atoms with Gasteiger partial charge in [0.25, 0.3) is 11.8 Å². The van der Waals surface area contributed by atoms with Crippen molar-refractivity contribution in [3.05, 3.63) is 93.9 Å². The Bertz CT molecular complexity index is 1630. The number of carbonyl (C=O) groups is 2. The Morgan fingerprint density at radius 2 is 1.68 bits per heavy atom. The molecule has 3 N–H and O–H groups in total. The zero-order valence-corrected chi connectivity index (χ0v) is 22.7. The Morgan fingerprint density at radius 3 is 2.40 bits per heavy atom. The van der Waals surface area contributed by atoms with Gasteiger partial charge in [0, 0.05) is 48.7 Å². The third-order valence-corrected chi connectivity index (χ3v) is 7.95. The molecular weight excluding hydrogens is 531 g/mol. The van der Waals surface area contributed by atoms with Gasteiger partial charge in [0.1, 0.15) is 5.82 Å². The topological polar surface area (TPSA) is 96.5 Å². The molecule has 2 amide bonds. The van der Waals surface area contributed by atoms with Crippen LogP contribution in [0, 0.1) is 5.82 Å². The van der Waals surface area contributed by atoms with Crippen molar-refractivity contribution in [2.45, 2.75) is 12.8 Å². The minimum absolute atomic E-state index is 0.187. The van der Waals surface area contributed by atoms with Gasteiger partial charge in [0.05, 0.1) is 22.0 Å². The number of aromatic nitrogens is 2. The van der Waals surface area contributed by atoms with Gasteiger partial charge in [-0.3, -0.25) is 9.59 Å². The highest BCUT2D eigenvalue weighted by Gasteiger charge is 2.28. The number of carbonyl (C=O) groups excluding carboxylic acids is 2. The summed E-state index contributed by atoms with van der Waals surface area (Å²) < 4.78 is 15.3. The van der Waals surface area contributed by atoms with Gasteiger partial charge in [-0.05, 0) is 80.1 Å². The lowest BCUT2D eigenvalue weighted by Crippen LogP contribution is -2.44. The Balaban J connectivity index is 1.34. The zero-order valence-electron chi connectivity index (χ0n) is 22.0. The molecule has 2 heterocycles. The van der Waals surface area contributed by atoms with Crippen LogP contribution in [0.4, 0.5) is 15.8 Å². The summed E-state index contributed by atoms with van der Waals surface area (Å²) in [4.78, 5) is 30.2. The second-order valence-electron chi connectivity index (χ2n) is 10.2. The van der Waals surface area contributed by atoms with E-state index < -0.39 is 5.91 Å². The molecule has 10 heteroatoms. The lowest BCUT2D eigenvalue weighted by molar-refractivity contribution is 0.0992. The average Bonchev–Trinajstić information content (AvgIpc) is 3.35. The summed E-state index contributed by atoms with van der Waals surface area (Å²) in [5.41, 5.74) is 11.7. The van der Waals surface area contributed by atoms with Crippen LogP contribution in [-0.4, -0.2) is 59.7 Å². The number of fused-ring (bicyclic) bond motifs is 3. The molecule has 0 spiro atoms. The zero-order chi connectivity index (χ0) is 28.0. The summed E-state index contributed by atoms with van der Waals surface area (Å²) in [6.45, 7) is 3.66. The van der Waals surface area contributed by atoms with E-state index in [-0.39, 0.29) is 17.4 Å². The van der Waals surface area contributed by atoms with Crippen molar-refractivity contribution in [2.24, 2.45) is 5.73 Å². The second kappa shape index (κ2) is 10.4. The third-order valence-electron chi connectivity index (χ3n) is 7.62. The van der Waals surface area contributed by atoms with Crippen LogP contribution in [0.3, 0.4) is 0 Å². The molecule has 1 aromatic heterocycles. The van der Waals surface area contributed by atoms with E-state index in [1.807, 2.05) is 30.3 Å². The monoisotopic (exact) mass is 558 g/mol. The number of piperazine rings is 1. The molecule has 6 rings (SSSR count). The van der Waals surface area contributed by atoms with E-state index in [4.69, 9.17) is 17.3 Å². The van der Waals surface area contributed by atoms with Gasteiger partial charge in [0.2, 0.25) is 0 Å². The SMILES string of the molecule is CN1CCN(c2ccc(Cl)c(C(=O)Nc3ccc4c(c3)-c3c(c(C(N)=O)nn3-c3ccc(F)cc3)CC4)c2)CC1. The second-order valence-corrected chi connectivity index (χ2v) is 10.6. The number of halogens is 2. The Labute approximate surface area is 236 Å². The number of amides is 2. The van der Waals surface area contributed by atoms with Crippen LogP contribution in [0.1, 0.15) is 32.0 Å². The molecule has 0 atom stereocenters. The van der Waals surface area contributed by atoms with Gasteiger partial charge >= 0.3 is 0 Å². The average molecular weight is 559 g/mol. The highest BCUT2D eigenvalue weighted by Crippen LogP contribution is 2.38. The minimum atomic E-state index is -0.625. The summed E-state index contributed by atoms with van der Waals surface area (Å²) in [7, 11) is 2.10. The minimum Gasteiger partial charge on any atom is -0.369 e. The largest absolute Gasteiger partial charge is 0.369 e. The number of nitrogens with two attached hydrogens (primary N) is 1. The Kier molecular flexibility index (Phi) is 6.77. The van der Waals surface area contributed by atoms with Crippen molar-refractivity contribution < 1.29 is 14.0 Å². The summed E-state index contributed by atoms with van der Waals surface area (Å²) >= 11 is 6.46. The molecular formula is C30H28ClFN6O2. The van der Waals surface area contributed by atoms with Gasteiger partial charge in [0.15, 0.2) is 5.69 Å². The number of likely N-dealkylation sites (N-methyl/N-ethyl adjacent to an activating group) is 1. The van der Waals surface area contributed by atoms with Gasteiger partial charge in [-0.15, -0.1) is 0 Å². The number of hydrogen-bond donors (Lipinski definition) is 2. The van der Waals surface area contributed by atoms with Crippen molar-refractivity contribution in [3.63, 3.8) is 0 Å². The molecule has 0 saturated carbocycles. The molecule has 0 radical (unpaired) electrons. The predicted octanol–water partition coefficient (Wildman–Crippen LogP) is 4.53. The maximum absolute atomic E-state index is 13.6. The van der Waals surface area contributed by atoms with Crippen molar-refractivity contribution in [3.8, 4) is 16.9 Å². The van der Waals surface area contributed by atoms with Gasteiger partial charge in [-0.25, -0.2) is 9.07 Å². The van der Waals surface area contributed by atoms with E-state index in [1.54, 1.807) is 22.9 Å². The normalized spacial score (nSPS) is 14.9. The molecule has 1 aliphatic heterocycles. The smallest absolute Gasteiger partial charge is 0.269 e. The highest BCUT2D eigenvalue weighted by atomic mass is 35.5. The van der Waals surface area contributed by atoms with E-state index in [0.29, 0.717) is 40.5 Å². The number of anilines is 2. The molecule has 1 fully saturated rings. The molecule has 2 aliphatic rings. The molecule has 3 aromatic carbocycles. The Morgan fingerprint density at radius 1 is 0.950 bits per heavy atom. The highest BCUT2D eigenvalue weighted by molar-refractivity contribution is 6.34. The van der Waals surface area contributed by atoms with Crippen LogP contribution in [-0.2, 0) is 12.8 Å². The Hall–Kier alpha value is -4.21. The number of rotatable bonds is 5. The summed E-state index contributed by atoms with van der Waals surface area (Å²) in [6.07, 6.45) is 1.27. The number of primary amides is 1. The predicted molar refractivity (Wildman–Crippen MR) is 154 cm³/mol. The van der Waals surface area contributed by atoms with Crippen LogP contribution >= 0.6 is 11.6 Å². The maximum Gasteiger partial charge on any atom is 0.269 e. The van der Waals surface area contributed by atoms with Crippen LogP contribution in [0.5, 0.6) is 0 Å². The van der Waals surface area contributed by atoms with E-state index in [9.17, 15) is 14.0 Å². The fourth-order valence-electron chi connectivity index (χ4n) is 5.43. The van der Waals surface area contributed by atoms with E-state index in [2.05, 4.69) is 27.3 Å². The standard InChI is InChI=1S/C30H28ClFN6O2/c1-36-12-14-37(15-13-36)22-9-11-26(31)25(17-22)30(40)34-20-6-2-18-3-10-23-27(29(33)39)35-38(28(23)24(18)16-20)21-7-4-19(32)5-8-21/h2,4-9,11,16-17H,3,10,12-15H2,1H3,(H2,33,39)(H,34,40). The summed E-state index contributed by atoms with van der Waals surface area (Å²) in [5, 5.41) is 7.87. The van der Waals surface area contributed by atoms with Crippen LogP contribution < -0.4 is 16.0 Å². The van der Waals surface area contributed by atoms with E-state index in [0.717, 1.165) is 48.6 Å². The molecule has 4 aromatic rings. The number of nitrogens with one attached hydrogen (secondary N) is 1. The molecule has 0 bridgehead atoms. The van der Waals surface area contributed by atoms with Crippen molar-refractivity contribution >= 4 is 34.8 Å². The quantitative estimate of drug-likeness (QED) is 0.375. The third kappa shape index (κ3) is 4.82. The first-order valence-corrected chi connectivity index (χ1v) is 13.5. The van der Waals surface area contributed by atoms with E-state index >= 15 is 0 Å². The van der Waals surface area contributed by atoms with Gasteiger partial charge in [-0.1, -0.05) is 17.7 Å². The van der Waals surface area contributed by atoms with Gasteiger partial charge < -0.3 is 20.9 Å². The number of benzene rings is 3. The lowest BCUT2D eigenvalue weighted by atomic mass is 9.88. The van der Waals surface area contributed by atoms with Crippen molar-refractivity contribution in [2.75, 3.05) is 43.4 Å². The first-order valence-electron chi connectivity index (χ1n) is 13.1. The van der Waals surface area contributed by atoms with Crippen LogP contribution in [0.15, 0.2) is 60.7 Å². The number of aryl methyl sites for hydroxylation is 1. The number of hydrogen-bond acceptors (Lipinski definition) is 5. The molecule has 1 aliphatic carbocycles. The first kappa shape index (κ1) is 26.0. The van der Waals surface area contributed by atoms with Crippen molar-refractivity contribution in [1.82, 2.24) is 14.7 Å². The summed E-state index contributed by atoms with van der Waals surface area (Å²) in [5.74, 6) is -1.32. The fourth-order valence-corrected chi connectivity index (χ4v) is 5.63. The molecule has 40 heavy (non-hydrogen) atoms. The first-order chi connectivity index (χ1) is 19.3. The summed E-state index contributed by atoms with van der Waals surface area (Å²) in [6, 6.07) is 17.1. The lowest BCUT2D eigenvalue weighted by Gasteiger charge is -2.34. The fraction of sp³-hybridized carbons (Fsp3) is 0.233. The molecule has 8 nitrogen and oxygen atoms in total. The van der Waals surface area contributed by atoms with Crippen LogP contribution in [0.2, 0.25) is 5.02 Å². The van der Waals surface area contributed by atoms with Gasteiger partial charge in [-0.2, -0.15) is 5.10 Å². The number of nitrogens with zero attached hydrogens (tertiary/aromatic N) is 4. The molecule has 1 saturated heterocycles. The van der Waals surface area contributed by atoms with E-state index in [1.165, 1.54) is 12.1 Å². The molecule has 204 valence electrons. The van der Waals surface area contributed by atoms with Crippen molar-refractivity contribution in [1.29, 1.82) is 0 Å².